The number of thiazole rings is 1. The zero-order chi connectivity index (χ0) is 12.8. The molecule has 1 aromatic heterocycles. The minimum Gasteiger partial charge on any atom is -0.454 e. The molecule has 0 saturated carbocycles. The number of carbonyl (C=O) groups excluding carboxylic acids is 2. The summed E-state index contributed by atoms with van der Waals surface area (Å²) in [5.41, 5.74) is 0.827. The van der Waals surface area contributed by atoms with E-state index < -0.39 is 11.9 Å². The van der Waals surface area contributed by atoms with Gasteiger partial charge in [-0.25, -0.2) is 9.78 Å². The SMILES string of the molecule is O=C(Nc1nccs1)C(=O)OCc1ccccc1. The molecule has 2 rings (SSSR count). The number of benzene rings is 1. The van der Waals surface area contributed by atoms with Gasteiger partial charge in [0.1, 0.15) is 6.61 Å². The van der Waals surface area contributed by atoms with E-state index in [1.54, 1.807) is 5.38 Å². The third-order valence-corrected chi connectivity index (χ3v) is 2.74. The van der Waals surface area contributed by atoms with Crippen molar-refractivity contribution in [3.63, 3.8) is 0 Å². The Morgan fingerprint density at radius 2 is 2.06 bits per heavy atom. The van der Waals surface area contributed by atoms with E-state index in [4.69, 9.17) is 4.74 Å². The van der Waals surface area contributed by atoms with Crippen LogP contribution in [0.3, 0.4) is 0 Å². The molecule has 0 saturated heterocycles. The summed E-state index contributed by atoms with van der Waals surface area (Å²) in [6.07, 6.45) is 1.54. The van der Waals surface area contributed by atoms with Crippen LogP contribution in [0.4, 0.5) is 5.13 Å². The summed E-state index contributed by atoms with van der Waals surface area (Å²) in [5, 5.41) is 4.42. The molecule has 0 aliphatic rings. The van der Waals surface area contributed by atoms with Crippen LogP contribution in [0, 0.1) is 0 Å². The molecule has 2 aromatic rings. The maximum atomic E-state index is 11.4. The largest absolute Gasteiger partial charge is 0.454 e. The maximum absolute atomic E-state index is 11.4. The van der Waals surface area contributed by atoms with Crippen molar-refractivity contribution in [2.45, 2.75) is 6.61 Å². The number of carbonyl (C=O) groups is 2. The average molecular weight is 262 g/mol. The number of nitrogens with one attached hydrogen (secondary N) is 1. The molecule has 0 bridgehead atoms. The van der Waals surface area contributed by atoms with Gasteiger partial charge in [-0.2, -0.15) is 0 Å². The van der Waals surface area contributed by atoms with E-state index >= 15 is 0 Å². The van der Waals surface area contributed by atoms with Crippen molar-refractivity contribution in [3.05, 3.63) is 47.5 Å². The summed E-state index contributed by atoms with van der Waals surface area (Å²) in [4.78, 5) is 26.6. The predicted octanol–water partition coefficient (Wildman–Crippen LogP) is 1.82. The van der Waals surface area contributed by atoms with Crippen LogP contribution in [0.15, 0.2) is 41.9 Å². The van der Waals surface area contributed by atoms with E-state index in [1.165, 1.54) is 17.5 Å². The van der Waals surface area contributed by atoms with E-state index in [0.29, 0.717) is 5.13 Å². The fraction of sp³-hybridized carbons (Fsp3) is 0.0833. The minimum absolute atomic E-state index is 0.0744. The van der Waals surface area contributed by atoms with Crippen LogP contribution in [0.1, 0.15) is 5.56 Å². The van der Waals surface area contributed by atoms with E-state index in [0.717, 1.165) is 5.56 Å². The van der Waals surface area contributed by atoms with E-state index in [9.17, 15) is 9.59 Å². The summed E-state index contributed by atoms with van der Waals surface area (Å²) >= 11 is 1.23. The molecule has 0 aliphatic heterocycles. The molecule has 0 aliphatic carbocycles. The fourth-order valence-corrected chi connectivity index (χ4v) is 1.75. The highest BCUT2D eigenvalue weighted by atomic mass is 32.1. The summed E-state index contributed by atoms with van der Waals surface area (Å²) in [5.74, 6) is -1.74. The van der Waals surface area contributed by atoms with Gasteiger partial charge < -0.3 is 4.74 Å². The second-order valence-corrected chi connectivity index (χ2v) is 4.25. The smallest absolute Gasteiger partial charge is 0.397 e. The molecular formula is C12H10N2O3S. The molecule has 0 fully saturated rings. The standard InChI is InChI=1S/C12H10N2O3S/c15-10(14-12-13-6-7-18-12)11(16)17-8-9-4-2-1-3-5-9/h1-7H,8H2,(H,13,14,15). The Bertz CT molecular complexity index is 526. The lowest BCUT2D eigenvalue weighted by molar-refractivity contribution is -0.153. The van der Waals surface area contributed by atoms with Crippen molar-refractivity contribution >= 4 is 28.3 Å². The summed E-state index contributed by atoms with van der Waals surface area (Å²) in [6.45, 7) is 0.0744. The molecule has 6 heteroatoms. The highest BCUT2D eigenvalue weighted by Crippen LogP contribution is 2.10. The molecule has 92 valence electrons. The first kappa shape index (κ1) is 12.3. The van der Waals surface area contributed by atoms with Gasteiger partial charge >= 0.3 is 11.9 Å². The van der Waals surface area contributed by atoms with E-state index in [-0.39, 0.29) is 6.61 Å². The first-order valence-electron chi connectivity index (χ1n) is 5.17. The third-order valence-electron chi connectivity index (χ3n) is 2.05. The normalized spacial score (nSPS) is 9.78. The van der Waals surface area contributed by atoms with Crippen LogP contribution in [0.5, 0.6) is 0 Å². The van der Waals surface area contributed by atoms with E-state index in [1.807, 2.05) is 30.3 Å². The van der Waals surface area contributed by atoms with Crippen molar-refractivity contribution < 1.29 is 14.3 Å². The van der Waals surface area contributed by atoms with Crippen molar-refractivity contribution in [2.75, 3.05) is 5.32 Å². The van der Waals surface area contributed by atoms with Crippen LogP contribution in [0.25, 0.3) is 0 Å². The van der Waals surface area contributed by atoms with Gasteiger partial charge in [-0.1, -0.05) is 30.3 Å². The van der Waals surface area contributed by atoms with Gasteiger partial charge in [0.05, 0.1) is 0 Å². The number of amides is 1. The van der Waals surface area contributed by atoms with Crippen molar-refractivity contribution in [3.8, 4) is 0 Å². The molecule has 1 N–H and O–H groups in total. The second kappa shape index (κ2) is 5.92. The zero-order valence-electron chi connectivity index (χ0n) is 9.33. The number of ether oxygens (including phenoxy) is 1. The number of rotatable bonds is 3. The van der Waals surface area contributed by atoms with Gasteiger partial charge in [-0.3, -0.25) is 10.1 Å². The zero-order valence-corrected chi connectivity index (χ0v) is 10.1. The Morgan fingerprint density at radius 1 is 1.28 bits per heavy atom. The number of hydrogen-bond donors (Lipinski definition) is 1. The lowest BCUT2D eigenvalue weighted by Gasteiger charge is -2.04. The lowest BCUT2D eigenvalue weighted by Crippen LogP contribution is -2.24. The van der Waals surface area contributed by atoms with Crippen LogP contribution in [0.2, 0.25) is 0 Å². The molecule has 18 heavy (non-hydrogen) atoms. The number of aromatic nitrogens is 1. The predicted molar refractivity (Wildman–Crippen MR) is 67.0 cm³/mol. The molecule has 1 aromatic carbocycles. The topological polar surface area (TPSA) is 68.3 Å². The summed E-state index contributed by atoms with van der Waals surface area (Å²) in [7, 11) is 0. The first-order valence-corrected chi connectivity index (χ1v) is 6.05. The Hall–Kier alpha value is -2.21. The molecule has 0 radical (unpaired) electrons. The monoisotopic (exact) mass is 262 g/mol. The highest BCUT2D eigenvalue weighted by molar-refractivity contribution is 7.13. The number of esters is 1. The molecule has 1 heterocycles. The van der Waals surface area contributed by atoms with Crippen molar-refractivity contribution in [1.29, 1.82) is 0 Å². The van der Waals surface area contributed by atoms with Gasteiger partial charge in [0.2, 0.25) is 0 Å². The van der Waals surface area contributed by atoms with Gasteiger partial charge in [0.15, 0.2) is 5.13 Å². The molecule has 1 amide bonds. The van der Waals surface area contributed by atoms with Gasteiger partial charge in [0, 0.05) is 11.6 Å². The Morgan fingerprint density at radius 3 is 2.72 bits per heavy atom. The molecule has 0 atom stereocenters. The molecule has 0 spiro atoms. The van der Waals surface area contributed by atoms with Gasteiger partial charge in [0.25, 0.3) is 0 Å². The minimum atomic E-state index is -0.922. The third kappa shape index (κ3) is 3.39. The van der Waals surface area contributed by atoms with Crippen LogP contribution >= 0.6 is 11.3 Å². The second-order valence-electron chi connectivity index (χ2n) is 3.35. The van der Waals surface area contributed by atoms with Gasteiger partial charge in [-0.05, 0) is 5.56 Å². The highest BCUT2D eigenvalue weighted by Gasteiger charge is 2.16. The molecule has 0 unspecified atom stereocenters. The fourth-order valence-electron chi connectivity index (χ4n) is 1.22. The molecular weight excluding hydrogens is 252 g/mol. The van der Waals surface area contributed by atoms with Crippen molar-refractivity contribution in [2.24, 2.45) is 0 Å². The number of hydrogen-bond acceptors (Lipinski definition) is 5. The average Bonchev–Trinajstić information content (AvgIpc) is 2.90. The number of nitrogens with zero attached hydrogens (tertiary/aromatic N) is 1. The van der Waals surface area contributed by atoms with Gasteiger partial charge in [-0.15, -0.1) is 11.3 Å². The Kier molecular flexibility index (Phi) is 4.03. The Balaban J connectivity index is 1.83. The summed E-state index contributed by atoms with van der Waals surface area (Å²) < 4.78 is 4.86. The first-order chi connectivity index (χ1) is 8.75. The van der Waals surface area contributed by atoms with Crippen LogP contribution < -0.4 is 5.32 Å². The lowest BCUT2D eigenvalue weighted by atomic mass is 10.2. The summed E-state index contributed by atoms with van der Waals surface area (Å²) in [6, 6.07) is 9.15. The van der Waals surface area contributed by atoms with Crippen molar-refractivity contribution in [1.82, 2.24) is 4.98 Å². The quantitative estimate of drug-likeness (QED) is 0.676. The Labute approximate surface area is 107 Å². The maximum Gasteiger partial charge on any atom is 0.397 e. The molecule has 5 nitrogen and oxygen atoms in total. The van der Waals surface area contributed by atoms with E-state index in [2.05, 4.69) is 10.3 Å². The van der Waals surface area contributed by atoms with Crippen LogP contribution in [-0.2, 0) is 20.9 Å². The number of anilines is 1. The van der Waals surface area contributed by atoms with Crippen LogP contribution in [-0.4, -0.2) is 16.9 Å².